The van der Waals surface area contributed by atoms with E-state index in [9.17, 15) is 4.79 Å². The third-order valence-electron chi connectivity index (χ3n) is 4.73. The van der Waals surface area contributed by atoms with Crippen molar-refractivity contribution in [3.63, 3.8) is 0 Å². The predicted octanol–water partition coefficient (Wildman–Crippen LogP) is 3.71. The van der Waals surface area contributed by atoms with Crippen molar-refractivity contribution < 1.29 is 4.79 Å². The van der Waals surface area contributed by atoms with Gasteiger partial charge in [-0.05, 0) is 50.2 Å². The third-order valence-corrected chi connectivity index (χ3v) is 5.22. The first-order valence-electron chi connectivity index (χ1n) is 8.80. The summed E-state index contributed by atoms with van der Waals surface area (Å²) in [4.78, 5) is 26.4. The molecular weight excluding hydrogens is 394 g/mol. The molecule has 6 nitrogen and oxygen atoms in total. The van der Waals surface area contributed by atoms with E-state index in [0.717, 1.165) is 40.6 Å². The molecule has 1 fully saturated rings. The van der Waals surface area contributed by atoms with Gasteiger partial charge in [0.15, 0.2) is 12.1 Å². The Morgan fingerprint density at radius 1 is 1.27 bits per heavy atom. The molecule has 1 aliphatic rings. The van der Waals surface area contributed by atoms with Crippen LogP contribution >= 0.6 is 15.9 Å². The fourth-order valence-corrected chi connectivity index (χ4v) is 3.77. The number of aldehydes is 1. The lowest BCUT2D eigenvalue weighted by atomic mass is 10.1. The predicted molar refractivity (Wildman–Crippen MR) is 107 cm³/mol. The molecule has 2 N–H and O–H groups in total. The normalized spacial score (nSPS) is 14.8. The Balaban J connectivity index is 1.57. The van der Waals surface area contributed by atoms with Gasteiger partial charge in [-0.2, -0.15) is 0 Å². The highest BCUT2D eigenvalue weighted by Gasteiger charge is 2.16. The number of benzene rings is 1. The van der Waals surface area contributed by atoms with Crippen molar-refractivity contribution in [1.29, 1.82) is 0 Å². The Kier molecular flexibility index (Phi) is 4.99. The van der Waals surface area contributed by atoms with Crippen LogP contribution in [0, 0.1) is 0 Å². The first-order valence-corrected chi connectivity index (χ1v) is 9.60. The van der Waals surface area contributed by atoms with Gasteiger partial charge in [0.1, 0.15) is 5.82 Å². The van der Waals surface area contributed by atoms with E-state index in [1.54, 1.807) is 6.20 Å². The number of nitrogens with zero attached hydrogens (tertiary/aromatic N) is 3. The molecule has 0 bridgehead atoms. The van der Waals surface area contributed by atoms with Crippen molar-refractivity contribution in [1.82, 2.24) is 19.9 Å². The number of H-pyrrole nitrogens is 1. The van der Waals surface area contributed by atoms with Crippen LogP contribution in [-0.4, -0.2) is 52.3 Å². The number of fused-ring (bicyclic) bond motifs is 1. The zero-order valence-corrected chi connectivity index (χ0v) is 15.9. The average Bonchev–Trinajstić information content (AvgIpc) is 3.29. The van der Waals surface area contributed by atoms with E-state index in [2.05, 4.69) is 41.1 Å². The smallest absolute Gasteiger partial charge is 0.178 e. The topological polar surface area (TPSA) is 73.9 Å². The molecule has 1 aromatic carbocycles. The summed E-state index contributed by atoms with van der Waals surface area (Å²) in [6.07, 6.45) is 5.17. The van der Waals surface area contributed by atoms with E-state index in [1.807, 2.05) is 24.3 Å². The molecule has 0 unspecified atom stereocenters. The number of anilines is 1. The first-order chi connectivity index (χ1) is 12.7. The summed E-state index contributed by atoms with van der Waals surface area (Å²) in [6.45, 7) is 4.23. The van der Waals surface area contributed by atoms with Gasteiger partial charge < -0.3 is 15.2 Å². The monoisotopic (exact) mass is 413 g/mol. The van der Waals surface area contributed by atoms with Gasteiger partial charge in [-0.1, -0.05) is 15.9 Å². The summed E-state index contributed by atoms with van der Waals surface area (Å²) in [6, 6.07) is 7.66. The van der Waals surface area contributed by atoms with Gasteiger partial charge in [0.05, 0.1) is 11.3 Å². The van der Waals surface area contributed by atoms with Crippen LogP contribution < -0.4 is 5.32 Å². The fraction of sp³-hybridized carbons (Fsp3) is 0.316. The van der Waals surface area contributed by atoms with Crippen LogP contribution in [0.3, 0.4) is 0 Å². The minimum absolute atomic E-state index is 0.519. The maximum Gasteiger partial charge on any atom is 0.178 e. The summed E-state index contributed by atoms with van der Waals surface area (Å²) in [5.41, 5.74) is 2.12. The number of carbonyl (C=O) groups is 1. The second-order valence-electron chi connectivity index (χ2n) is 6.46. The molecule has 0 aliphatic carbocycles. The van der Waals surface area contributed by atoms with Crippen LogP contribution in [0.4, 0.5) is 5.82 Å². The summed E-state index contributed by atoms with van der Waals surface area (Å²) >= 11 is 3.45. The highest BCUT2D eigenvalue weighted by molar-refractivity contribution is 9.10. The van der Waals surface area contributed by atoms with Crippen molar-refractivity contribution in [2.75, 3.05) is 31.5 Å². The van der Waals surface area contributed by atoms with Gasteiger partial charge in [-0.3, -0.25) is 4.79 Å². The molecule has 2 aromatic heterocycles. The lowest BCUT2D eigenvalue weighted by Gasteiger charge is -2.15. The Hall–Kier alpha value is -2.25. The van der Waals surface area contributed by atoms with Crippen molar-refractivity contribution in [2.45, 2.75) is 12.8 Å². The molecule has 0 amide bonds. The van der Waals surface area contributed by atoms with Crippen LogP contribution in [0.5, 0.6) is 0 Å². The molecular formula is C19H20BrN5O. The van der Waals surface area contributed by atoms with E-state index in [0.29, 0.717) is 17.1 Å². The van der Waals surface area contributed by atoms with E-state index >= 15 is 0 Å². The molecule has 134 valence electrons. The lowest BCUT2D eigenvalue weighted by Crippen LogP contribution is -2.26. The van der Waals surface area contributed by atoms with Crippen LogP contribution in [0.15, 0.2) is 34.9 Å². The summed E-state index contributed by atoms with van der Waals surface area (Å²) in [5.74, 6) is 1.29. The fourth-order valence-electron chi connectivity index (χ4n) is 3.41. The summed E-state index contributed by atoms with van der Waals surface area (Å²) in [5, 5.41) is 4.22. The Morgan fingerprint density at radius 3 is 2.92 bits per heavy atom. The molecule has 3 heterocycles. The maximum atomic E-state index is 11.7. The molecule has 1 aliphatic heterocycles. The number of halogens is 1. The first kappa shape index (κ1) is 17.2. The summed E-state index contributed by atoms with van der Waals surface area (Å²) < 4.78 is 0.928. The largest absolute Gasteiger partial charge is 0.369 e. The standard InChI is InChI=1S/C19H20BrN5O/c20-13-3-4-16-14(11-13)15(12-26)18(23-16)19-22-6-5-17(24-19)21-7-10-25-8-1-2-9-25/h3-6,11-12,23H,1-2,7-10H2,(H,21,22,24). The molecule has 0 atom stereocenters. The number of rotatable bonds is 6. The van der Waals surface area contributed by atoms with E-state index in [1.165, 1.54) is 25.9 Å². The Labute approximate surface area is 160 Å². The highest BCUT2D eigenvalue weighted by atomic mass is 79.9. The zero-order chi connectivity index (χ0) is 17.9. The second-order valence-corrected chi connectivity index (χ2v) is 7.38. The molecule has 0 spiro atoms. The number of carbonyl (C=O) groups excluding carboxylic acids is 1. The van der Waals surface area contributed by atoms with Gasteiger partial charge in [0.25, 0.3) is 0 Å². The van der Waals surface area contributed by atoms with Crippen molar-refractivity contribution in [3.8, 4) is 11.5 Å². The maximum absolute atomic E-state index is 11.7. The third kappa shape index (κ3) is 3.50. The van der Waals surface area contributed by atoms with Crippen LogP contribution in [0.25, 0.3) is 22.4 Å². The number of aromatic nitrogens is 3. The van der Waals surface area contributed by atoms with Crippen molar-refractivity contribution >= 4 is 38.9 Å². The molecule has 0 radical (unpaired) electrons. The number of hydrogen-bond acceptors (Lipinski definition) is 5. The van der Waals surface area contributed by atoms with Crippen LogP contribution in [-0.2, 0) is 0 Å². The lowest BCUT2D eigenvalue weighted by molar-refractivity contribution is 0.112. The Morgan fingerprint density at radius 2 is 2.12 bits per heavy atom. The molecule has 26 heavy (non-hydrogen) atoms. The Bertz CT molecular complexity index is 933. The average molecular weight is 414 g/mol. The SMILES string of the molecule is O=Cc1c(-c2nccc(NCCN3CCCC3)n2)[nH]c2ccc(Br)cc12. The molecule has 0 saturated carbocycles. The zero-order valence-electron chi connectivity index (χ0n) is 14.3. The van der Waals surface area contributed by atoms with E-state index < -0.39 is 0 Å². The highest BCUT2D eigenvalue weighted by Crippen LogP contribution is 2.29. The molecule has 1 saturated heterocycles. The van der Waals surface area contributed by atoms with Gasteiger partial charge in [-0.15, -0.1) is 0 Å². The van der Waals surface area contributed by atoms with Gasteiger partial charge in [0.2, 0.25) is 0 Å². The quantitative estimate of drug-likeness (QED) is 0.602. The van der Waals surface area contributed by atoms with E-state index in [-0.39, 0.29) is 0 Å². The molecule has 3 aromatic rings. The van der Waals surface area contributed by atoms with Crippen molar-refractivity contribution in [2.24, 2.45) is 0 Å². The van der Waals surface area contributed by atoms with Crippen LogP contribution in [0.2, 0.25) is 0 Å². The number of hydrogen-bond donors (Lipinski definition) is 2. The van der Waals surface area contributed by atoms with Gasteiger partial charge in [-0.25, -0.2) is 9.97 Å². The number of nitrogens with one attached hydrogen (secondary N) is 2. The van der Waals surface area contributed by atoms with Gasteiger partial charge >= 0.3 is 0 Å². The van der Waals surface area contributed by atoms with Crippen LogP contribution in [0.1, 0.15) is 23.2 Å². The van der Waals surface area contributed by atoms with Crippen molar-refractivity contribution in [3.05, 3.63) is 40.5 Å². The second kappa shape index (κ2) is 7.55. The number of aromatic amines is 1. The number of likely N-dealkylation sites (tertiary alicyclic amines) is 1. The summed E-state index contributed by atoms with van der Waals surface area (Å²) in [7, 11) is 0. The van der Waals surface area contributed by atoms with E-state index in [4.69, 9.17) is 0 Å². The molecule has 7 heteroatoms. The van der Waals surface area contributed by atoms with Gasteiger partial charge in [0, 0.05) is 34.7 Å². The minimum atomic E-state index is 0.519. The minimum Gasteiger partial charge on any atom is -0.369 e. The molecule has 4 rings (SSSR count).